The minimum Gasteiger partial charge on any atom is -0.477 e. The molecule has 0 spiro atoms. The molecule has 0 aromatic carbocycles. The van der Waals surface area contributed by atoms with Crippen LogP contribution in [0.1, 0.15) is 49.1 Å². The molecule has 0 radical (unpaired) electrons. The van der Waals surface area contributed by atoms with Crippen molar-refractivity contribution in [3.05, 3.63) is 40.0 Å². The Balaban J connectivity index is 0.00000320. The van der Waals surface area contributed by atoms with Crippen LogP contribution in [0.2, 0.25) is 0 Å². The Bertz CT molecular complexity index is 795. The number of aliphatic imine (C=N–C) groups is 1. The molecule has 3 rings (SSSR count). The van der Waals surface area contributed by atoms with Gasteiger partial charge in [-0.3, -0.25) is 0 Å². The highest BCUT2D eigenvalue weighted by molar-refractivity contribution is 14.0. The van der Waals surface area contributed by atoms with Gasteiger partial charge in [-0.15, -0.1) is 35.3 Å². The van der Waals surface area contributed by atoms with Gasteiger partial charge in [0.05, 0.1) is 25.4 Å². The second kappa shape index (κ2) is 12.4. The van der Waals surface area contributed by atoms with Crippen LogP contribution in [0.4, 0.5) is 0 Å². The van der Waals surface area contributed by atoms with Crippen molar-refractivity contribution in [2.45, 2.75) is 45.9 Å². The van der Waals surface area contributed by atoms with E-state index in [-0.39, 0.29) is 30.1 Å². The summed E-state index contributed by atoms with van der Waals surface area (Å²) in [4.78, 5) is 15.9. The quantitative estimate of drug-likeness (QED) is 0.274. The zero-order valence-electron chi connectivity index (χ0n) is 18.1. The average molecular weight is 545 g/mol. The molecule has 1 atom stereocenters. The molecule has 1 N–H and O–H groups in total. The standard InChI is InChI=1S/C21H31N5O2S.HI/c1-5-22-21(26(3)12-18-14-29-20(25-18)15(2)27-4)24-11-17-8-9-19(23-10-17)28-13-16-6-7-16;/h8-10,14-16H,5-7,11-13H2,1-4H3,(H,22,24);1H. The Kier molecular flexibility index (Phi) is 10.3. The number of ether oxygens (including phenoxy) is 2. The van der Waals surface area contributed by atoms with Gasteiger partial charge in [0.15, 0.2) is 5.96 Å². The molecular weight excluding hydrogens is 513 g/mol. The maximum Gasteiger partial charge on any atom is 0.213 e. The first-order valence-electron chi connectivity index (χ1n) is 10.1. The van der Waals surface area contributed by atoms with E-state index in [4.69, 9.17) is 14.5 Å². The second-order valence-electron chi connectivity index (χ2n) is 7.34. The summed E-state index contributed by atoms with van der Waals surface area (Å²) in [7, 11) is 3.72. The molecule has 0 bridgehead atoms. The highest BCUT2D eigenvalue weighted by Gasteiger charge is 2.22. The summed E-state index contributed by atoms with van der Waals surface area (Å²) in [5.41, 5.74) is 2.07. The highest BCUT2D eigenvalue weighted by Crippen LogP contribution is 2.29. The zero-order chi connectivity index (χ0) is 20.6. The van der Waals surface area contributed by atoms with E-state index in [1.54, 1.807) is 18.4 Å². The van der Waals surface area contributed by atoms with Crippen LogP contribution in [-0.2, 0) is 17.8 Å². The van der Waals surface area contributed by atoms with Crippen LogP contribution in [0.15, 0.2) is 28.7 Å². The monoisotopic (exact) mass is 545 g/mol. The summed E-state index contributed by atoms with van der Waals surface area (Å²) in [6, 6.07) is 3.96. The van der Waals surface area contributed by atoms with E-state index in [0.717, 1.165) is 41.3 Å². The largest absolute Gasteiger partial charge is 0.477 e. The molecule has 30 heavy (non-hydrogen) atoms. The van der Waals surface area contributed by atoms with E-state index in [0.29, 0.717) is 19.0 Å². The summed E-state index contributed by atoms with van der Waals surface area (Å²) in [6.07, 6.45) is 4.42. The van der Waals surface area contributed by atoms with E-state index in [1.807, 2.05) is 32.3 Å². The van der Waals surface area contributed by atoms with Crippen LogP contribution in [-0.4, -0.2) is 48.1 Å². The van der Waals surface area contributed by atoms with Gasteiger partial charge in [0.2, 0.25) is 5.88 Å². The lowest BCUT2D eigenvalue weighted by molar-refractivity contribution is 0.119. The lowest BCUT2D eigenvalue weighted by Gasteiger charge is -2.21. The molecule has 1 unspecified atom stereocenters. The lowest BCUT2D eigenvalue weighted by atomic mass is 10.3. The van der Waals surface area contributed by atoms with E-state index >= 15 is 0 Å². The molecule has 2 aromatic heterocycles. The smallest absolute Gasteiger partial charge is 0.213 e. The van der Waals surface area contributed by atoms with Crippen molar-refractivity contribution < 1.29 is 9.47 Å². The van der Waals surface area contributed by atoms with Gasteiger partial charge in [0.1, 0.15) is 11.1 Å². The summed E-state index contributed by atoms with van der Waals surface area (Å²) in [5, 5.41) is 6.42. The number of hydrogen-bond acceptors (Lipinski definition) is 6. The molecule has 166 valence electrons. The van der Waals surface area contributed by atoms with Crippen LogP contribution < -0.4 is 10.1 Å². The summed E-state index contributed by atoms with van der Waals surface area (Å²) < 4.78 is 11.0. The Morgan fingerprint density at radius 1 is 1.40 bits per heavy atom. The first kappa shape index (κ1) is 24.8. The highest BCUT2D eigenvalue weighted by atomic mass is 127. The van der Waals surface area contributed by atoms with E-state index in [9.17, 15) is 0 Å². The number of hydrogen-bond donors (Lipinski definition) is 1. The molecule has 1 aliphatic rings. The van der Waals surface area contributed by atoms with Gasteiger partial charge < -0.3 is 19.7 Å². The van der Waals surface area contributed by atoms with E-state index in [2.05, 4.69) is 32.5 Å². The predicted molar refractivity (Wildman–Crippen MR) is 132 cm³/mol. The second-order valence-corrected chi connectivity index (χ2v) is 8.23. The topological polar surface area (TPSA) is 71.9 Å². The minimum absolute atomic E-state index is 0. The van der Waals surface area contributed by atoms with Crippen molar-refractivity contribution in [2.75, 3.05) is 27.3 Å². The summed E-state index contributed by atoms with van der Waals surface area (Å²) >= 11 is 1.63. The molecule has 7 nitrogen and oxygen atoms in total. The minimum atomic E-state index is 0. The number of nitrogens with zero attached hydrogens (tertiary/aromatic N) is 4. The maximum atomic E-state index is 5.70. The number of aromatic nitrogens is 2. The Morgan fingerprint density at radius 3 is 2.83 bits per heavy atom. The van der Waals surface area contributed by atoms with Gasteiger partial charge in [-0.2, -0.15) is 0 Å². The normalized spacial score (nSPS) is 14.7. The lowest BCUT2D eigenvalue weighted by Crippen LogP contribution is -2.38. The number of guanidine groups is 1. The molecule has 0 aliphatic heterocycles. The molecule has 2 heterocycles. The third-order valence-corrected chi connectivity index (χ3v) is 5.79. The molecular formula is C21H32IN5O2S. The van der Waals surface area contributed by atoms with Crippen molar-refractivity contribution in [3.8, 4) is 5.88 Å². The number of thiazole rings is 1. The number of nitrogens with one attached hydrogen (secondary N) is 1. The molecule has 1 aliphatic carbocycles. The number of methoxy groups -OCH3 is 1. The van der Waals surface area contributed by atoms with Gasteiger partial charge in [-0.25, -0.2) is 15.0 Å². The van der Waals surface area contributed by atoms with Crippen LogP contribution >= 0.6 is 35.3 Å². The van der Waals surface area contributed by atoms with Crippen molar-refractivity contribution in [2.24, 2.45) is 10.9 Å². The van der Waals surface area contributed by atoms with Crippen molar-refractivity contribution in [1.82, 2.24) is 20.2 Å². The molecule has 1 fully saturated rings. The third kappa shape index (κ3) is 7.66. The fourth-order valence-corrected chi connectivity index (χ4v) is 3.56. The van der Waals surface area contributed by atoms with Crippen LogP contribution in [0.3, 0.4) is 0 Å². The van der Waals surface area contributed by atoms with E-state index in [1.165, 1.54) is 12.8 Å². The molecule has 0 saturated heterocycles. The SMILES string of the molecule is CCNC(=NCc1ccc(OCC2CC2)nc1)N(C)Cc1csc(C(C)OC)n1.I. The van der Waals surface area contributed by atoms with E-state index < -0.39 is 0 Å². The predicted octanol–water partition coefficient (Wildman–Crippen LogP) is 4.25. The fourth-order valence-electron chi connectivity index (χ4n) is 2.71. The van der Waals surface area contributed by atoms with Gasteiger partial charge >= 0.3 is 0 Å². The fraction of sp³-hybridized carbons (Fsp3) is 0.571. The maximum absolute atomic E-state index is 5.70. The van der Waals surface area contributed by atoms with Gasteiger partial charge in [0.25, 0.3) is 0 Å². The van der Waals surface area contributed by atoms with Crippen LogP contribution in [0, 0.1) is 5.92 Å². The first-order valence-corrected chi connectivity index (χ1v) is 11.0. The first-order chi connectivity index (χ1) is 14.1. The summed E-state index contributed by atoms with van der Waals surface area (Å²) in [6.45, 7) is 6.91. The number of rotatable bonds is 10. The van der Waals surface area contributed by atoms with Crippen molar-refractivity contribution in [1.29, 1.82) is 0 Å². The van der Waals surface area contributed by atoms with Gasteiger partial charge in [-0.05, 0) is 38.2 Å². The number of halogens is 1. The number of pyridine rings is 1. The third-order valence-electron chi connectivity index (χ3n) is 4.74. The Hall–Kier alpha value is -1.46. The zero-order valence-corrected chi connectivity index (χ0v) is 21.3. The molecule has 0 amide bonds. The van der Waals surface area contributed by atoms with Crippen molar-refractivity contribution in [3.63, 3.8) is 0 Å². The average Bonchev–Trinajstić information content (AvgIpc) is 3.46. The molecule has 2 aromatic rings. The molecule has 9 heteroatoms. The van der Waals surface area contributed by atoms with Gasteiger partial charge in [0, 0.05) is 38.3 Å². The molecule has 1 saturated carbocycles. The van der Waals surface area contributed by atoms with Gasteiger partial charge in [-0.1, -0.05) is 6.07 Å². The van der Waals surface area contributed by atoms with Crippen LogP contribution in [0.5, 0.6) is 5.88 Å². The Labute approximate surface area is 200 Å². The summed E-state index contributed by atoms with van der Waals surface area (Å²) in [5.74, 6) is 2.26. The van der Waals surface area contributed by atoms with Crippen molar-refractivity contribution >= 4 is 41.3 Å². The Morgan fingerprint density at radius 2 is 2.20 bits per heavy atom. The van der Waals surface area contributed by atoms with Crippen LogP contribution in [0.25, 0.3) is 0 Å².